The molecule has 0 bridgehead atoms. The lowest BCUT2D eigenvalue weighted by molar-refractivity contribution is 0.487. The topological polar surface area (TPSA) is 9.23 Å². The predicted molar refractivity (Wildman–Crippen MR) is 218 cm³/mol. The van der Waals surface area contributed by atoms with Crippen molar-refractivity contribution in [1.29, 1.82) is 0 Å². The van der Waals surface area contributed by atoms with Crippen LogP contribution in [0.25, 0.3) is 88.0 Å². The van der Waals surface area contributed by atoms with Gasteiger partial charge in [0.05, 0.1) is 0 Å². The molecule has 9 aromatic rings. The molecule has 0 fully saturated rings. The third kappa shape index (κ3) is 4.23. The third-order valence-electron chi connectivity index (χ3n) is 11.6. The molecule has 52 heavy (non-hydrogen) atoms. The van der Waals surface area contributed by atoms with Gasteiger partial charge in [0.15, 0.2) is 0 Å². The van der Waals surface area contributed by atoms with E-state index in [2.05, 4.69) is 184 Å². The molecule has 1 heteroatoms. The van der Waals surface area contributed by atoms with E-state index in [4.69, 9.17) is 4.74 Å². The van der Waals surface area contributed by atoms with E-state index in [1.807, 2.05) is 0 Å². The van der Waals surface area contributed by atoms with Crippen molar-refractivity contribution in [3.63, 3.8) is 0 Å². The molecule has 0 aromatic heterocycles. The molecule has 1 aliphatic carbocycles. The van der Waals surface area contributed by atoms with Crippen LogP contribution in [0.4, 0.5) is 0 Å². The minimum Gasteiger partial charge on any atom is -0.456 e. The Kier molecular flexibility index (Phi) is 6.08. The van der Waals surface area contributed by atoms with Crippen LogP contribution in [-0.4, -0.2) is 0 Å². The lowest BCUT2D eigenvalue weighted by Crippen LogP contribution is -2.14. The maximum absolute atomic E-state index is 6.55. The summed E-state index contributed by atoms with van der Waals surface area (Å²) in [7, 11) is 0. The lowest BCUT2D eigenvalue weighted by Gasteiger charge is -2.23. The van der Waals surface area contributed by atoms with Gasteiger partial charge in [-0.3, -0.25) is 0 Å². The smallest absolute Gasteiger partial charge is 0.135 e. The second-order valence-corrected chi connectivity index (χ2v) is 14.9. The number of rotatable bonds is 3. The summed E-state index contributed by atoms with van der Waals surface area (Å²) in [6.45, 7) is 4.71. The van der Waals surface area contributed by atoms with E-state index in [1.54, 1.807) is 0 Å². The van der Waals surface area contributed by atoms with Gasteiger partial charge in [0, 0.05) is 16.4 Å². The van der Waals surface area contributed by atoms with Crippen LogP contribution in [0.3, 0.4) is 0 Å². The molecule has 0 saturated carbocycles. The average Bonchev–Trinajstić information content (AvgIpc) is 3.41. The monoisotopic (exact) mass is 662 g/mol. The van der Waals surface area contributed by atoms with Gasteiger partial charge in [0.1, 0.15) is 11.5 Å². The van der Waals surface area contributed by atoms with E-state index in [-0.39, 0.29) is 5.41 Å². The fourth-order valence-electron chi connectivity index (χ4n) is 9.01. The van der Waals surface area contributed by atoms with E-state index >= 15 is 0 Å². The zero-order chi connectivity index (χ0) is 34.6. The zero-order valence-electron chi connectivity index (χ0n) is 29.1. The Hall–Kier alpha value is -6.44. The Labute approximate surface area is 303 Å². The molecule has 0 amide bonds. The minimum atomic E-state index is -0.0181. The van der Waals surface area contributed by atoms with Crippen molar-refractivity contribution in [1.82, 2.24) is 0 Å². The fourth-order valence-corrected chi connectivity index (χ4v) is 9.01. The highest BCUT2D eigenvalue weighted by atomic mass is 16.5. The molecule has 1 heterocycles. The second-order valence-electron chi connectivity index (χ2n) is 14.9. The molecule has 244 valence electrons. The molecule has 1 aliphatic heterocycles. The first kappa shape index (κ1) is 29.3. The first-order chi connectivity index (χ1) is 25.5. The van der Waals surface area contributed by atoms with E-state index in [0.717, 1.165) is 17.1 Å². The summed E-state index contributed by atoms with van der Waals surface area (Å²) in [5.74, 6) is 1.81. The van der Waals surface area contributed by atoms with Crippen molar-refractivity contribution in [3.8, 4) is 67.1 Å². The van der Waals surface area contributed by atoms with Crippen molar-refractivity contribution in [2.45, 2.75) is 19.3 Å². The summed E-state index contributed by atoms with van der Waals surface area (Å²) in [5, 5.41) is 7.44. The fraction of sp³-hybridized carbons (Fsp3) is 0.0588. The van der Waals surface area contributed by atoms with Crippen LogP contribution >= 0.6 is 0 Å². The minimum absolute atomic E-state index is 0.0181. The van der Waals surface area contributed by atoms with E-state index in [0.29, 0.717) is 0 Å². The van der Waals surface area contributed by atoms with E-state index < -0.39 is 0 Å². The largest absolute Gasteiger partial charge is 0.456 e. The number of fused-ring (bicyclic) bond motifs is 7. The van der Waals surface area contributed by atoms with E-state index in [1.165, 1.54) is 93.5 Å². The van der Waals surface area contributed by atoms with Gasteiger partial charge in [0.25, 0.3) is 0 Å². The Bertz CT molecular complexity index is 2950. The van der Waals surface area contributed by atoms with Crippen molar-refractivity contribution < 1.29 is 4.74 Å². The number of ether oxygens (including phenoxy) is 1. The van der Waals surface area contributed by atoms with Gasteiger partial charge in [-0.2, -0.15) is 0 Å². The average molecular weight is 663 g/mol. The van der Waals surface area contributed by atoms with Crippen LogP contribution in [0.2, 0.25) is 0 Å². The number of hydrogen-bond donors (Lipinski definition) is 0. The summed E-state index contributed by atoms with van der Waals surface area (Å²) in [6.07, 6.45) is 0. The van der Waals surface area contributed by atoms with Crippen LogP contribution < -0.4 is 4.74 Å². The molecule has 9 aromatic carbocycles. The van der Waals surface area contributed by atoms with Crippen LogP contribution in [0.5, 0.6) is 11.5 Å². The Morgan fingerprint density at radius 2 is 1.06 bits per heavy atom. The molecule has 1 nitrogen and oxygen atoms in total. The van der Waals surface area contributed by atoms with Crippen molar-refractivity contribution in [2.75, 3.05) is 0 Å². The first-order valence-corrected chi connectivity index (χ1v) is 18.2. The molecule has 0 saturated heterocycles. The SMILES string of the molecule is CC1(C)c2ccccc2-c2cc3ccc(-c4cccc5cc(-c6ccc7c(c6)-c6cccc8c(-c9ccccc9)ccc(c68)O7)ccc45)cc3cc21. The maximum atomic E-state index is 6.55. The van der Waals surface area contributed by atoms with Gasteiger partial charge in [-0.25, -0.2) is 0 Å². The number of benzene rings is 9. The highest BCUT2D eigenvalue weighted by Gasteiger charge is 2.35. The predicted octanol–water partition coefficient (Wildman–Crippen LogP) is 14.2. The normalized spacial score (nSPS) is 13.5. The van der Waals surface area contributed by atoms with Crippen molar-refractivity contribution in [2.24, 2.45) is 0 Å². The number of hydrogen-bond acceptors (Lipinski definition) is 1. The highest BCUT2D eigenvalue weighted by Crippen LogP contribution is 2.51. The standard InChI is InChI=1S/C51H34O/c1-51(2)46-17-7-6-13-41(46)44-28-34-18-19-36(27-37(34)30-47(44)51)38-14-8-12-35-26-32(20-22-40(35)38)33-21-24-48-45(29-33)43-16-9-15-42-39(31-10-4-3-5-11-31)23-25-49(52-48)50(42)43/h3-30H,1-2H3. The van der Waals surface area contributed by atoms with Crippen LogP contribution in [0, 0.1) is 0 Å². The van der Waals surface area contributed by atoms with Gasteiger partial charge in [-0.05, 0) is 131 Å². The third-order valence-corrected chi connectivity index (χ3v) is 11.6. The molecule has 11 rings (SSSR count). The van der Waals surface area contributed by atoms with Crippen LogP contribution in [0.15, 0.2) is 170 Å². The zero-order valence-corrected chi connectivity index (χ0v) is 29.1. The Morgan fingerprint density at radius 3 is 1.98 bits per heavy atom. The van der Waals surface area contributed by atoms with Crippen LogP contribution in [-0.2, 0) is 5.41 Å². The van der Waals surface area contributed by atoms with Gasteiger partial charge >= 0.3 is 0 Å². The summed E-state index contributed by atoms with van der Waals surface area (Å²) in [5.41, 5.74) is 15.2. The molecule has 0 atom stereocenters. The second kappa shape index (κ2) is 10.8. The molecular weight excluding hydrogens is 629 g/mol. The van der Waals surface area contributed by atoms with Crippen molar-refractivity contribution in [3.05, 3.63) is 181 Å². The summed E-state index contributed by atoms with van der Waals surface area (Å²) in [4.78, 5) is 0. The summed E-state index contributed by atoms with van der Waals surface area (Å²) in [6, 6.07) is 62.4. The molecule has 0 radical (unpaired) electrons. The Morgan fingerprint density at radius 1 is 0.346 bits per heavy atom. The Balaban J connectivity index is 0.986. The summed E-state index contributed by atoms with van der Waals surface area (Å²) >= 11 is 0. The molecule has 0 spiro atoms. The highest BCUT2D eigenvalue weighted by molar-refractivity contribution is 6.10. The van der Waals surface area contributed by atoms with Gasteiger partial charge in [-0.15, -0.1) is 0 Å². The molecular formula is C51H34O. The maximum Gasteiger partial charge on any atom is 0.135 e. The summed E-state index contributed by atoms with van der Waals surface area (Å²) < 4.78 is 6.55. The van der Waals surface area contributed by atoms with E-state index in [9.17, 15) is 0 Å². The quantitative estimate of drug-likeness (QED) is 0.183. The van der Waals surface area contributed by atoms with Gasteiger partial charge in [-0.1, -0.05) is 141 Å². The molecule has 0 unspecified atom stereocenters. The van der Waals surface area contributed by atoms with Gasteiger partial charge in [0.2, 0.25) is 0 Å². The first-order valence-electron chi connectivity index (χ1n) is 18.2. The molecule has 0 N–H and O–H groups in total. The molecule has 2 aliphatic rings. The van der Waals surface area contributed by atoms with Gasteiger partial charge < -0.3 is 4.74 Å². The van der Waals surface area contributed by atoms with Crippen LogP contribution in [0.1, 0.15) is 25.0 Å². The lowest BCUT2D eigenvalue weighted by atomic mass is 9.82. The van der Waals surface area contributed by atoms with Crippen molar-refractivity contribution >= 4 is 32.3 Å².